The van der Waals surface area contributed by atoms with Gasteiger partial charge in [-0.15, -0.1) is 0 Å². The zero-order chi connectivity index (χ0) is 21.1. The minimum Gasteiger partial charge on any atom is -0.408 e. The first-order valence-electron chi connectivity index (χ1n) is 9.48. The summed E-state index contributed by atoms with van der Waals surface area (Å²) >= 11 is 7.55. The van der Waals surface area contributed by atoms with E-state index in [0.717, 1.165) is 5.52 Å². The van der Waals surface area contributed by atoms with Crippen LogP contribution in [0.3, 0.4) is 0 Å². The number of hydrogen-bond acceptors (Lipinski definition) is 6. The maximum Gasteiger partial charge on any atom is 0.419 e. The number of para-hydroxylation sites is 2. The van der Waals surface area contributed by atoms with Crippen molar-refractivity contribution in [3.8, 4) is 0 Å². The van der Waals surface area contributed by atoms with Gasteiger partial charge in [0.15, 0.2) is 10.7 Å². The molecule has 0 atom stereocenters. The Morgan fingerprint density at radius 1 is 1.13 bits per heavy atom. The number of benzene rings is 2. The summed E-state index contributed by atoms with van der Waals surface area (Å²) < 4.78 is 13.7. The van der Waals surface area contributed by atoms with Crippen molar-refractivity contribution in [3.05, 3.63) is 68.4 Å². The van der Waals surface area contributed by atoms with Crippen LogP contribution in [0.25, 0.3) is 22.0 Å². The molecule has 30 heavy (non-hydrogen) atoms. The van der Waals surface area contributed by atoms with Crippen LogP contribution in [-0.4, -0.2) is 33.6 Å². The van der Waals surface area contributed by atoms with E-state index >= 15 is 0 Å². The third kappa shape index (κ3) is 4.16. The fourth-order valence-corrected chi connectivity index (χ4v) is 4.39. The van der Waals surface area contributed by atoms with E-state index in [2.05, 4.69) is 4.98 Å². The standard InChI is InChI=1S/C21H20ClN3O4S/c1-28-11-10-25-19(26)15-8-7-14(22)13-16(15)23-20(25)30-12-4-9-24-17-5-2-3-6-18(17)29-21(24)27/h2-3,5-8,13H,4,9-12H2,1H3. The van der Waals surface area contributed by atoms with Gasteiger partial charge in [0.1, 0.15) is 0 Å². The molecule has 0 aliphatic heterocycles. The lowest BCUT2D eigenvalue weighted by molar-refractivity contribution is 0.183. The van der Waals surface area contributed by atoms with Crippen LogP contribution in [0.5, 0.6) is 0 Å². The van der Waals surface area contributed by atoms with Gasteiger partial charge in [-0.1, -0.05) is 35.5 Å². The quantitative estimate of drug-likeness (QED) is 0.233. The van der Waals surface area contributed by atoms with Crippen molar-refractivity contribution >= 4 is 45.4 Å². The molecule has 0 amide bonds. The Bertz CT molecular complexity index is 1310. The average Bonchev–Trinajstić information content (AvgIpc) is 3.05. The predicted molar refractivity (Wildman–Crippen MR) is 119 cm³/mol. The minimum atomic E-state index is -0.364. The first-order chi connectivity index (χ1) is 14.6. The van der Waals surface area contributed by atoms with E-state index in [1.165, 1.54) is 11.8 Å². The van der Waals surface area contributed by atoms with Gasteiger partial charge in [-0.2, -0.15) is 0 Å². The molecular formula is C21H20ClN3O4S. The molecule has 9 heteroatoms. The number of aryl methyl sites for hydroxylation is 1. The van der Waals surface area contributed by atoms with Crippen molar-refractivity contribution in [3.63, 3.8) is 0 Å². The summed E-state index contributed by atoms with van der Waals surface area (Å²) in [4.78, 5) is 29.7. The lowest BCUT2D eigenvalue weighted by Crippen LogP contribution is -2.25. The van der Waals surface area contributed by atoms with Crippen molar-refractivity contribution < 1.29 is 9.15 Å². The zero-order valence-electron chi connectivity index (χ0n) is 16.3. The van der Waals surface area contributed by atoms with Gasteiger partial charge in [0.2, 0.25) is 0 Å². The second-order valence-electron chi connectivity index (χ2n) is 6.69. The van der Waals surface area contributed by atoms with E-state index in [-0.39, 0.29) is 11.3 Å². The highest BCUT2D eigenvalue weighted by Crippen LogP contribution is 2.21. The van der Waals surface area contributed by atoms with Crippen molar-refractivity contribution in [1.82, 2.24) is 14.1 Å². The number of nitrogens with zero attached hydrogens (tertiary/aromatic N) is 3. The van der Waals surface area contributed by atoms with Crippen LogP contribution in [0, 0.1) is 0 Å². The van der Waals surface area contributed by atoms with Crippen molar-refractivity contribution in [2.24, 2.45) is 0 Å². The molecule has 0 aliphatic carbocycles. The van der Waals surface area contributed by atoms with Crippen LogP contribution < -0.4 is 11.3 Å². The number of halogens is 1. The maximum absolute atomic E-state index is 12.9. The number of rotatable bonds is 8. The number of methoxy groups -OCH3 is 1. The highest BCUT2D eigenvalue weighted by atomic mass is 35.5. The molecule has 4 aromatic rings. The second kappa shape index (κ2) is 9.07. The van der Waals surface area contributed by atoms with Gasteiger partial charge in [0.05, 0.1) is 29.6 Å². The molecule has 2 aromatic heterocycles. The normalized spacial score (nSPS) is 11.5. The van der Waals surface area contributed by atoms with Crippen LogP contribution in [0.1, 0.15) is 6.42 Å². The van der Waals surface area contributed by atoms with Gasteiger partial charge >= 0.3 is 5.76 Å². The number of fused-ring (bicyclic) bond motifs is 2. The number of thioether (sulfide) groups is 1. The molecule has 0 fully saturated rings. The molecule has 7 nitrogen and oxygen atoms in total. The van der Waals surface area contributed by atoms with Crippen LogP contribution in [0.4, 0.5) is 0 Å². The number of hydrogen-bond donors (Lipinski definition) is 0. The van der Waals surface area contributed by atoms with Gasteiger partial charge in [-0.25, -0.2) is 9.78 Å². The van der Waals surface area contributed by atoms with Gasteiger partial charge in [0, 0.05) is 24.4 Å². The van der Waals surface area contributed by atoms with E-state index in [1.54, 1.807) is 40.5 Å². The molecule has 0 radical (unpaired) electrons. The molecule has 0 saturated carbocycles. The molecule has 2 aromatic carbocycles. The second-order valence-corrected chi connectivity index (χ2v) is 8.19. The first kappa shape index (κ1) is 20.7. The maximum atomic E-state index is 12.9. The van der Waals surface area contributed by atoms with Gasteiger partial charge in [-0.3, -0.25) is 13.9 Å². The highest BCUT2D eigenvalue weighted by Gasteiger charge is 2.13. The molecule has 0 N–H and O–H groups in total. The number of oxazole rings is 1. The Labute approximate surface area is 181 Å². The van der Waals surface area contributed by atoms with E-state index < -0.39 is 0 Å². The summed E-state index contributed by atoms with van der Waals surface area (Å²) in [5, 5.41) is 1.67. The number of aromatic nitrogens is 3. The number of ether oxygens (including phenoxy) is 1. The van der Waals surface area contributed by atoms with Gasteiger partial charge < -0.3 is 9.15 Å². The van der Waals surface area contributed by atoms with Crippen LogP contribution in [0.2, 0.25) is 5.02 Å². The molecule has 0 bridgehead atoms. The first-order valence-corrected chi connectivity index (χ1v) is 10.8. The van der Waals surface area contributed by atoms with E-state index in [1.807, 2.05) is 18.2 Å². The van der Waals surface area contributed by atoms with Crippen molar-refractivity contribution in [2.45, 2.75) is 24.7 Å². The average molecular weight is 446 g/mol. The monoisotopic (exact) mass is 445 g/mol. The Morgan fingerprint density at radius 3 is 2.80 bits per heavy atom. The molecule has 0 aliphatic rings. The largest absolute Gasteiger partial charge is 0.419 e. The molecule has 4 rings (SSSR count). The minimum absolute atomic E-state index is 0.117. The highest BCUT2D eigenvalue weighted by molar-refractivity contribution is 7.99. The summed E-state index contributed by atoms with van der Waals surface area (Å²) in [7, 11) is 1.60. The topological polar surface area (TPSA) is 79.3 Å². The van der Waals surface area contributed by atoms with Gasteiger partial charge in [-0.05, 0) is 36.8 Å². The van der Waals surface area contributed by atoms with Crippen LogP contribution in [-0.2, 0) is 17.8 Å². The van der Waals surface area contributed by atoms with Crippen LogP contribution >= 0.6 is 23.4 Å². The van der Waals surface area contributed by atoms with Crippen LogP contribution in [0.15, 0.2) is 61.6 Å². The molecule has 156 valence electrons. The summed E-state index contributed by atoms with van der Waals surface area (Å²) in [6.45, 7) is 1.34. The molecule has 0 spiro atoms. The smallest absolute Gasteiger partial charge is 0.408 e. The Hall–Kier alpha value is -2.55. The molecular weight excluding hydrogens is 426 g/mol. The Morgan fingerprint density at radius 2 is 1.97 bits per heavy atom. The Kier molecular flexibility index (Phi) is 6.26. The van der Waals surface area contributed by atoms with E-state index in [0.29, 0.717) is 58.5 Å². The molecule has 0 unspecified atom stereocenters. The zero-order valence-corrected chi connectivity index (χ0v) is 17.9. The van der Waals surface area contributed by atoms with E-state index in [9.17, 15) is 9.59 Å². The third-order valence-electron chi connectivity index (χ3n) is 4.73. The third-order valence-corrected chi connectivity index (χ3v) is 6.03. The summed E-state index contributed by atoms with van der Waals surface area (Å²) in [6, 6.07) is 12.4. The summed E-state index contributed by atoms with van der Waals surface area (Å²) in [5.41, 5.74) is 1.81. The lowest BCUT2D eigenvalue weighted by atomic mass is 10.2. The SMILES string of the molecule is COCCn1c(SCCCn2c(=O)oc3ccccc32)nc2cc(Cl)ccc2c1=O. The molecule has 0 saturated heterocycles. The Balaban J connectivity index is 1.54. The van der Waals surface area contributed by atoms with E-state index in [4.69, 9.17) is 20.8 Å². The van der Waals surface area contributed by atoms with Gasteiger partial charge in [0.25, 0.3) is 5.56 Å². The molecule has 2 heterocycles. The lowest BCUT2D eigenvalue weighted by Gasteiger charge is -2.13. The fraction of sp³-hybridized carbons (Fsp3) is 0.286. The predicted octanol–water partition coefficient (Wildman–Crippen LogP) is 3.79. The summed E-state index contributed by atoms with van der Waals surface area (Å²) in [5.74, 6) is 0.314. The summed E-state index contributed by atoms with van der Waals surface area (Å²) in [6.07, 6.45) is 0.710. The van der Waals surface area contributed by atoms with Crippen molar-refractivity contribution in [2.75, 3.05) is 19.5 Å². The van der Waals surface area contributed by atoms with Crippen molar-refractivity contribution in [1.29, 1.82) is 0 Å². The fourth-order valence-electron chi connectivity index (χ4n) is 3.28.